The van der Waals surface area contributed by atoms with Gasteiger partial charge in [-0.2, -0.15) is 0 Å². The number of carbonyl (C=O) groups is 2. The summed E-state index contributed by atoms with van der Waals surface area (Å²) in [4.78, 5) is 35.3. The van der Waals surface area contributed by atoms with Crippen molar-refractivity contribution in [1.82, 2.24) is 4.98 Å². The van der Waals surface area contributed by atoms with Crippen molar-refractivity contribution in [2.24, 2.45) is 0 Å². The van der Waals surface area contributed by atoms with Crippen molar-refractivity contribution >= 4 is 46.3 Å². The molecule has 5 rings (SSSR count). The molecule has 0 saturated carbocycles. The second-order valence-corrected chi connectivity index (χ2v) is 10.5. The number of rotatable bonds is 4. The van der Waals surface area contributed by atoms with Gasteiger partial charge in [-0.1, -0.05) is 30.3 Å². The number of para-hydroxylation sites is 1. The number of aromatic nitrogens is 1. The molecule has 2 amide bonds. The molecular weight excluding hydrogens is 474 g/mol. The molecule has 176 valence electrons. The van der Waals surface area contributed by atoms with E-state index in [1.165, 1.54) is 16.6 Å². The molecule has 7 heteroatoms. The van der Waals surface area contributed by atoms with Gasteiger partial charge < -0.3 is 10.2 Å². The second-order valence-electron chi connectivity index (χ2n) is 8.41. The van der Waals surface area contributed by atoms with E-state index in [0.29, 0.717) is 23.4 Å². The molecule has 3 aromatic carbocycles. The van der Waals surface area contributed by atoms with E-state index < -0.39 is 0 Å². The van der Waals surface area contributed by atoms with Crippen molar-refractivity contribution in [2.75, 3.05) is 23.0 Å². The minimum Gasteiger partial charge on any atom is -0.322 e. The average Bonchev–Trinajstić information content (AvgIpc) is 3.17. The number of benzene rings is 3. The Hall–Kier alpha value is -3.42. The quantitative estimate of drug-likeness (QED) is 0.321. The molecule has 0 atom stereocenters. The number of hydrogen-bond donors (Lipinski definition) is 1. The third kappa shape index (κ3) is 4.49. The summed E-state index contributed by atoms with van der Waals surface area (Å²) in [6.45, 7) is 4.52. The number of carbonyl (C=O) groups excluding carboxylic acids is 2. The standard InChI is InChI=1S/C28H25N3O2S2/c1-17-16-19(30-27(32)22-9-5-7-11-24(22)34-3)12-13-20(17)28(33)31-15-14-25-26(29-18(2)35-25)21-8-4-6-10-23(21)31/h4-13,16H,14-15H2,1-3H3,(H,30,32). The summed E-state index contributed by atoms with van der Waals surface area (Å²) in [5.41, 5.74) is 5.60. The zero-order valence-electron chi connectivity index (χ0n) is 19.8. The van der Waals surface area contributed by atoms with Crippen LogP contribution in [-0.4, -0.2) is 29.6 Å². The Balaban J connectivity index is 1.42. The number of anilines is 2. The summed E-state index contributed by atoms with van der Waals surface area (Å²) in [7, 11) is 0. The zero-order valence-corrected chi connectivity index (χ0v) is 21.4. The van der Waals surface area contributed by atoms with Gasteiger partial charge in [-0.3, -0.25) is 9.59 Å². The number of thiazole rings is 1. The van der Waals surface area contributed by atoms with Crippen LogP contribution in [0.5, 0.6) is 0 Å². The third-order valence-electron chi connectivity index (χ3n) is 6.13. The molecule has 0 fully saturated rings. The number of nitrogens with zero attached hydrogens (tertiary/aromatic N) is 2. The van der Waals surface area contributed by atoms with Crippen molar-refractivity contribution in [2.45, 2.75) is 25.2 Å². The Morgan fingerprint density at radius 1 is 1.00 bits per heavy atom. The summed E-state index contributed by atoms with van der Waals surface area (Å²) in [6, 6.07) is 21.0. The van der Waals surface area contributed by atoms with Crippen LogP contribution in [0.25, 0.3) is 11.3 Å². The van der Waals surface area contributed by atoms with E-state index in [1.54, 1.807) is 23.5 Å². The highest BCUT2D eigenvalue weighted by Gasteiger charge is 2.27. The minimum absolute atomic E-state index is 0.0487. The van der Waals surface area contributed by atoms with Crippen LogP contribution in [-0.2, 0) is 6.42 Å². The van der Waals surface area contributed by atoms with Crippen molar-refractivity contribution in [3.05, 3.63) is 93.3 Å². The van der Waals surface area contributed by atoms with Gasteiger partial charge >= 0.3 is 0 Å². The normalized spacial score (nSPS) is 12.5. The van der Waals surface area contributed by atoms with Gasteiger partial charge in [0.05, 0.1) is 22.0 Å². The number of amides is 2. The van der Waals surface area contributed by atoms with Gasteiger partial charge in [0.25, 0.3) is 11.8 Å². The van der Waals surface area contributed by atoms with Crippen LogP contribution in [0.2, 0.25) is 0 Å². The maximum Gasteiger partial charge on any atom is 0.258 e. The molecule has 0 bridgehead atoms. The van der Waals surface area contributed by atoms with Gasteiger partial charge in [-0.05, 0) is 62.1 Å². The topological polar surface area (TPSA) is 62.3 Å². The van der Waals surface area contributed by atoms with Crippen molar-refractivity contribution in [3.63, 3.8) is 0 Å². The molecule has 0 radical (unpaired) electrons. The SMILES string of the molecule is CSc1ccccc1C(=O)Nc1ccc(C(=O)N2CCc3sc(C)nc3-c3ccccc32)c(C)c1. The van der Waals surface area contributed by atoms with Crippen molar-refractivity contribution in [3.8, 4) is 11.3 Å². The Bertz CT molecular complexity index is 1440. The second kappa shape index (κ2) is 9.68. The fourth-order valence-corrected chi connectivity index (χ4v) is 6.00. The van der Waals surface area contributed by atoms with Gasteiger partial charge in [0.1, 0.15) is 0 Å². The smallest absolute Gasteiger partial charge is 0.258 e. The molecule has 1 aliphatic heterocycles. The van der Waals surface area contributed by atoms with E-state index >= 15 is 0 Å². The van der Waals surface area contributed by atoms with Gasteiger partial charge in [-0.15, -0.1) is 23.1 Å². The zero-order chi connectivity index (χ0) is 24.5. The Kier molecular flexibility index (Phi) is 6.45. The first-order valence-electron chi connectivity index (χ1n) is 11.4. The van der Waals surface area contributed by atoms with Crippen molar-refractivity contribution < 1.29 is 9.59 Å². The molecule has 0 aliphatic carbocycles. The lowest BCUT2D eigenvalue weighted by atomic mass is 10.0. The van der Waals surface area contributed by atoms with Crippen LogP contribution in [0.3, 0.4) is 0 Å². The maximum atomic E-state index is 13.7. The van der Waals surface area contributed by atoms with E-state index in [2.05, 4.69) is 5.32 Å². The van der Waals surface area contributed by atoms with Crippen LogP contribution in [0.15, 0.2) is 71.6 Å². The molecule has 1 N–H and O–H groups in total. The van der Waals surface area contributed by atoms with Crippen LogP contribution in [0.4, 0.5) is 11.4 Å². The van der Waals surface area contributed by atoms with Gasteiger partial charge in [0.2, 0.25) is 0 Å². The predicted molar refractivity (Wildman–Crippen MR) is 145 cm³/mol. The molecule has 0 unspecified atom stereocenters. The molecule has 35 heavy (non-hydrogen) atoms. The van der Waals surface area contributed by atoms with Crippen LogP contribution in [0, 0.1) is 13.8 Å². The summed E-state index contributed by atoms with van der Waals surface area (Å²) in [6.07, 6.45) is 2.72. The first kappa shape index (κ1) is 23.3. The molecule has 4 aromatic rings. The maximum absolute atomic E-state index is 13.7. The predicted octanol–water partition coefficient (Wildman–Crippen LogP) is 6.60. The van der Waals surface area contributed by atoms with E-state index in [1.807, 2.05) is 79.6 Å². The first-order chi connectivity index (χ1) is 17.0. The Labute approximate surface area is 213 Å². The first-order valence-corrected chi connectivity index (χ1v) is 13.4. The molecule has 2 heterocycles. The average molecular weight is 500 g/mol. The van der Waals surface area contributed by atoms with E-state index in [0.717, 1.165) is 38.8 Å². The van der Waals surface area contributed by atoms with Crippen LogP contribution in [0.1, 0.15) is 36.2 Å². The van der Waals surface area contributed by atoms with Gasteiger partial charge in [-0.25, -0.2) is 4.98 Å². The van der Waals surface area contributed by atoms with E-state index in [4.69, 9.17) is 4.98 Å². The summed E-state index contributed by atoms with van der Waals surface area (Å²) in [5.74, 6) is -0.212. The molecule has 0 spiro atoms. The lowest BCUT2D eigenvalue weighted by Crippen LogP contribution is -2.33. The summed E-state index contributed by atoms with van der Waals surface area (Å²) >= 11 is 3.24. The van der Waals surface area contributed by atoms with Crippen molar-refractivity contribution in [1.29, 1.82) is 0 Å². The lowest BCUT2D eigenvalue weighted by molar-refractivity contribution is 0.0985. The summed E-state index contributed by atoms with van der Waals surface area (Å²) in [5, 5.41) is 4.01. The molecule has 1 aliphatic rings. The monoisotopic (exact) mass is 499 g/mol. The molecule has 5 nitrogen and oxygen atoms in total. The Morgan fingerprint density at radius 2 is 1.77 bits per heavy atom. The van der Waals surface area contributed by atoms with E-state index in [9.17, 15) is 9.59 Å². The van der Waals surface area contributed by atoms with Crippen LogP contribution >= 0.6 is 23.1 Å². The highest BCUT2D eigenvalue weighted by Crippen LogP contribution is 2.39. The third-order valence-corrected chi connectivity index (χ3v) is 7.95. The van der Waals surface area contributed by atoms with Crippen LogP contribution < -0.4 is 10.2 Å². The summed E-state index contributed by atoms with van der Waals surface area (Å²) < 4.78 is 0. The van der Waals surface area contributed by atoms with E-state index in [-0.39, 0.29) is 11.8 Å². The fourth-order valence-electron chi connectivity index (χ4n) is 4.46. The number of thioether (sulfide) groups is 1. The lowest BCUT2D eigenvalue weighted by Gasteiger charge is -2.24. The number of fused-ring (bicyclic) bond motifs is 3. The van der Waals surface area contributed by atoms with Gasteiger partial charge in [0.15, 0.2) is 0 Å². The molecule has 0 saturated heterocycles. The fraction of sp³-hybridized carbons (Fsp3) is 0.179. The molecular formula is C28H25N3O2S2. The number of hydrogen-bond acceptors (Lipinski definition) is 5. The number of nitrogens with one attached hydrogen (secondary N) is 1. The highest BCUT2D eigenvalue weighted by molar-refractivity contribution is 7.98. The van der Waals surface area contributed by atoms with Gasteiger partial charge in [0, 0.05) is 39.6 Å². The number of aryl methyl sites for hydroxylation is 2. The highest BCUT2D eigenvalue weighted by atomic mass is 32.2. The Morgan fingerprint density at radius 3 is 2.57 bits per heavy atom. The largest absolute Gasteiger partial charge is 0.322 e. The molecule has 1 aromatic heterocycles. The minimum atomic E-state index is -0.163.